The van der Waals surface area contributed by atoms with Crippen molar-refractivity contribution in [2.45, 2.75) is 19.4 Å². The average molecular weight is 112 g/mol. The van der Waals surface area contributed by atoms with Crippen LogP contribution in [0, 0.1) is 0 Å². The van der Waals surface area contributed by atoms with Crippen LogP contribution in [0.5, 0.6) is 0 Å². The van der Waals surface area contributed by atoms with Crippen molar-refractivity contribution in [1.29, 1.82) is 0 Å². The third-order valence-corrected chi connectivity index (χ3v) is 1.35. The standard InChI is InChI=1S/C6H12N2/c1-2-6-3-4-7-5-8-6/h3-4,6-8H,2,5H2,1H3. The van der Waals surface area contributed by atoms with E-state index in [1.807, 2.05) is 6.20 Å². The van der Waals surface area contributed by atoms with Gasteiger partial charge < -0.3 is 5.32 Å². The lowest BCUT2D eigenvalue weighted by Crippen LogP contribution is -2.37. The molecule has 0 aromatic heterocycles. The van der Waals surface area contributed by atoms with E-state index in [1.54, 1.807) is 0 Å². The molecule has 46 valence electrons. The van der Waals surface area contributed by atoms with E-state index in [0.29, 0.717) is 6.04 Å². The van der Waals surface area contributed by atoms with Gasteiger partial charge in [0.05, 0.1) is 6.67 Å². The molecule has 1 atom stereocenters. The van der Waals surface area contributed by atoms with Crippen molar-refractivity contribution < 1.29 is 0 Å². The molecule has 0 aliphatic carbocycles. The zero-order chi connectivity index (χ0) is 5.82. The molecule has 8 heavy (non-hydrogen) atoms. The smallest absolute Gasteiger partial charge is 0.0652 e. The van der Waals surface area contributed by atoms with Gasteiger partial charge in [-0.05, 0) is 12.6 Å². The molecule has 0 saturated heterocycles. The molecule has 1 unspecified atom stereocenters. The fourth-order valence-electron chi connectivity index (χ4n) is 0.782. The zero-order valence-corrected chi connectivity index (χ0v) is 5.15. The summed E-state index contributed by atoms with van der Waals surface area (Å²) in [6, 6.07) is 0.594. The van der Waals surface area contributed by atoms with Crippen LogP contribution < -0.4 is 10.6 Å². The monoisotopic (exact) mass is 112 g/mol. The molecule has 0 radical (unpaired) electrons. The highest BCUT2D eigenvalue weighted by Crippen LogP contribution is 1.93. The second kappa shape index (κ2) is 2.72. The Morgan fingerprint density at radius 3 is 3.00 bits per heavy atom. The maximum Gasteiger partial charge on any atom is 0.0652 e. The summed E-state index contributed by atoms with van der Waals surface area (Å²) in [4.78, 5) is 0. The topological polar surface area (TPSA) is 24.1 Å². The Labute approximate surface area is 50.0 Å². The van der Waals surface area contributed by atoms with E-state index in [9.17, 15) is 0 Å². The number of hydrogen-bond donors (Lipinski definition) is 2. The molecular weight excluding hydrogens is 100 g/mol. The summed E-state index contributed by atoms with van der Waals surface area (Å²) < 4.78 is 0. The van der Waals surface area contributed by atoms with Crippen molar-refractivity contribution in [2.24, 2.45) is 0 Å². The molecule has 2 N–H and O–H groups in total. The van der Waals surface area contributed by atoms with Crippen molar-refractivity contribution in [1.82, 2.24) is 10.6 Å². The molecule has 1 heterocycles. The van der Waals surface area contributed by atoms with Crippen molar-refractivity contribution in [3.8, 4) is 0 Å². The highest BCUT2D eigenvalue weighted by molar-refractivity contribution is 4.94. The molecule has 0 saturated carbocycles. The van der Waals surface area contributed by atoms with Gasteiger partial charge in [-0.1, -0.05) is 13.0 Å². The van der Waals surface area contributed by atoms with Crippen molar-refractivity contribution in [3.63, 3.8) is 0 Å². The Morgan fingerprint density at radius 2 is 2.62 bits per heavy atom. The molecule has 1 aliphatic heterocycles. The maximum atomic E-state index is 3.27. The third kappa shape index (κ3) is 1.23. The second-order valence-electron chi connectivity index (χ2n) is 1.96. The van der Waals surface area contributed by atoms with Gasteiger partial charge in [-0.3, -0.25) is 5.32 Å². The van der Waals surface area contributed by atoms with Crippen LogP contribution in [-0.2, 0) is 0 Å². The van der Waals surface area contributed by atoms with E-state index in [-0.39, 0.29) is 0 Å². The SMILES string of the molecule is CCC1C=CNCN1. The normalized spacial score (nSPS) is 27.4. The van der Waals surface area contributed by atoms with Crippen LogP contribution >= 0.6 is 0 Å². The summed E-state index contributed by atoms with van der Waals surface area (Å²) in [6.45, 7) is 3.09. The van der Waals surface area contributed by atoms with E-state index in [4.69, 9.17) is 0 Å². The van der Waals surface area contributed by atoms with Crippen molar-refractivity contribution >= 4 is 0 Å². The minimum absolute atomic E-state index is 0.594. The van der Waals surface area contributed by atoms with Crippen LogP contribution in [0.1, 0.15) is 13.3 Å². The molecule has 0 bridgehead atoms. The molecule has 0 aromatic carbocycles. The molecule has 0 fully saturated rings. The third-order valence-electron chi connectivity index (χ3n) is 1.35. The lowest BCUT2D eigenvalue weighted by Gasteiger charge is -2.16. The van der Waals surface area contributed by atoms with Gasteiger partial charge in [0.1, 0.15) is 0 Å². The van der Waals surface area contributed by atoms with Gasteiger partial charge in [-0.2, -0.15) is 0 Å². The van der Waals surface area contributed by atoms with Crippen LogP contribution in [0.15, 0.2) is 12.3 Å². The van der Waals surface area contributed by atoms with E-state index in [0.717, 1.165) is 6.67 Å². The molecule has 1 aliphatic rings. The van der Waals surface area contributed by atoms with Crippen molar-refractivity contribution in [3.05, 3.63) is 12.3 Å². The van der Waals surface area contributed by atoms with E-state index in [2.05, 4.69) is 23.6 Å². The summed E-state index contributed by atoms with van der Waals surface area (Å²) in [7, 11) is 0. The van der Waals surface area contributed by atoms with Gasteiger partial charge in [-0.15, -0.1) is 0 Å². The molecule has 0 spiro atoms. The summed E-state index contributed by atoms with van der Waals surface area (Å²) in [6.07, 6.45) is 5.33. The highest BCUT2D eigenvalue weighted by Gasteiger charge is 2.00. The number of nitrogens with one attached hydrogen (secondary N) is 2. The minimum atomic E-state index is 0.594. The van der Waals surface area contributed by atoms with Crippen LogP contribution in [-0.4, -0.2) is 12.7 Å². The predicted molar refractivity (Wildman–Crippen MR) is 34.4 cm³/mol. The lowest BCUT2D eigenvalue weighted by atomic mass is 10.2. The van der Waals surface area contributed by atoms with Crippen molar-refractivity contribution in [2.75, 3.05) is 6.67 Å². The molecular formula is C6H12N2. The van der Waals surface area contributed by atoms with Gasteiger partial charge >= 0.3 is 0 Å². The first-order chi connectivity index (χ1) is 3.93. The summed E-state index contributed by atoms with van der Waals surface area (Å²) in [5.74, 6) is 0. The molecule has 0 amide bonds. The minimum Gasteiger partial charge on any atom is -0.379 e. The summed E-state index contributed by atoms with van der Waals surface area (Å²) >= 11 is 0. The van der Waals surface area contributed by atoms with Gasteiger partial charge in [0.15, 0.2) is 0 Å². The number of hydrogen-bond acceptors (Lipinski definition) is 2. The molecule has 2 heteroatoms. The maximum absolute atomic E-state index is 3.27. The van der Waals surface area contributed by atoms with Gasteiger partial charge in [0.2, 0.25) is 0 Å². The largest absolute Gasteiger partial charge is 0.379 e. The van der Waals surface area contributed by atoms with E-state index < -0.39 is 0 Å². The van der Waals surface area contributed by atoms with Crippen LogP contribution in [0.25, 0.3) is 0 Å². The summed E-state index contributed by atoms with van der Waals surface area (Å²) in [5.41, 5.74) is 0. The van der Waals surface area contributed by atoms with Gasteiger partial charge in [-0.25, -0.2) is 0 Å². The molecule has 0 aromatic rings. The fraction of sp³-hybridized carbons (Fsp3) is 0.667. The Hall–Kier alpha value is -0.500. The Kier molecular flexibility index (Phi) is 1.92. The average Bonchev–Trinajstić information content (AvgIpc) is 1.90. The van der Waals surface area contributed by atoms with Gasteiger partial charge in [0, 0.05) is 6.04 Å². The first-order valence-corrected chi connectivity index (χ1v) is 3.07. The second-order valence-corrected chi connectivity index (χ2v) is 1.96. The van der Waals surface area contributed by atoms with Gasteiger partial charge in [0.25, 0.3) is 0 Å². The van der Waals surface area contributed by atoms with E-state index in [1.165, 1.54) is 6.42 Å². The fourth-order valence-corrected chi connectivity index (χ4v) is 0.782. The van der Waals surface area contributed by atoms with Crippen LogP contribution in [0.4, 0.5) is 0 Å². The first-order valence-electron chi connectivity index (χ1n) is 3.07. The summed E-state index contributed by atoms with van der Waals surface area (Å²) in [5, 5.41) is 6.33. The highest BCUT2D eigenvalue weighted by atomic mass is 15.1. The zero-order valence-electron chi connectivity index (χ0n) is 5.15. The first kappa shape index (κ1) is 5.63. The Bertz CT molecular complexity index is 88.5. The van der Waals surface area contributed by atoms with Crippen LogP contribution in [0.3, 0.4) is 0 Å². The Balaban J connectivity index is 2.32. The Morgan fingerprint density at radius 1 is 1.75 bits per heavy atom. The lowest BCUT2D eigenvalue weighted by molar-refractivity contribution is 0.533. The predicted octanol–water partition coefficient (Wildman–Crippen LogP) is 0.429. The number of rotatable bonds is 1. The quantitative estimate of drug-likeness (QED) is 0.514. The molecule has 2 nitrogen and oxygen atoms in total. The molecule has 1 rings (SSSR count). The van der Waals surface area contributed by atoms with E-state index >= 15 is 0 Å². The van der Waals surface area contributed by atoms with Crippen LogP contribution in [0.2, 0.25) is 0 Å².